The summed E-state index contributed by atoms with van der Waals surface area (Å²) in [4.78, 5) is 26.1. The molecule has 0 bridgehead atoms. The van der Waals surface area contributed by atoms with Gasteiger partial charge >= 0.3 is 6.18 Å². The number of amides is 1. The van der Waals surface area contributed by atoms with E-state index in [0.29, 0.717) is 17.1 Å². The van der Waals surface area contributed by atoms with E-state index in [1.165, 1.54) is 17.5 Å². The highest BCUT2D eigenvalue weighted by Crippen LogP contribution is 2.33. The first kappa shape index (κ1) is 16.9. The van der Waals surface area contributed by atoms with Gasteiger partial charge in [-0.3, -0.25) is 14.9 Å². The van der Waals surface area contributed by atoms with Crippen LogP contribution >= 0.6 is 11.3 Å². The van der Waals surface area contributed by atoms with Crippen LogP contribution in [0.5, 0.6) is 0 Å². The maximum atomic E-state index is 12.6. The van der Waals surface area contributed by atoms with E-state index < -0.39 is 39.9 Å². The third-order valence-electron chi connectivity index (χ3n) is 2.94. The molecule has 1 amide bonds. The number of nitrogens with zero attached hydrogens (tertiary/aromatic N) is 2. The first-order valence-corrected chi connectivity index (χ1v) is 7.14. The zero-order chi connectivity index (χ0) is 17.2. The quantitative estimate of drug-likeness (QED) is 0.678. The summed E-state index contributed by atoms with van der Waals surface area (Å²) in [5, 5.41) is 15.7. The summed E-state index contributed by atoms with van der Waals surface area (Å²) in [6.07, 6.45) is -3.20. The van der Waals surface area contributed by atoms with Gasteiger partial charge in [0.25, 0.3) is 11.6 Å². The van der Waals surface area contributed by atoms with Crippen LogP contribution in [-0.2, 0) is 6.18 Å². The van der Waals surface area contributed by atoms with Gasteiger partial charge < -0.3 is 5.32 Å². The second kappa shape index (κ2) is 6.32. The molecule has 1 heterocycles. The van der Waals surface area contributed by atoms with Crippen molar-refractivity contribution in [2.75, 3.05) is 0 Å². The normalized spacial score (nSPS) is 12.7. The zero-order valence-electron chi connectivity index (χ0n) is 11.6. The van der Waals surface area contributed by atoms with Gasteiger partial charge in [-0.1, -0.05) is 0 Å². The van der Waals surface area contributed by atoms with Crippen molar-refractivity contribution in [3.05, 3.63) is 56.0 Å². The fraction of sp³-hybridized carbons (Fsp3) is 0.231. The molecule has 0 spiro atoms. The van der Waals surface area contributed by atoms with Crippen molar-refractivity contribution in [2.45, 2.75) is 19.1 Å². The van der Waals surface area contributed by atoms with E-state index in [0.717, 1.165) is 6.07 Å². The Bertz CT molecular complexity index is 732. The minimum Gasteiger partial charge on any atom is -0.343 e. The third kappa shape index (κ3) is 3.83. The lowest BCUT2D eigenvalue weighted by molar-refractivity contribution is -0.385. The molecule has 6 nitrogen and oxygen atoms in total. The van der Waals surface area contributed by atoms with Gasteiger partial charge in [0.1, 0.15) is 10.6 Å². The number of alkyl halides is 3. The lowest BCUT2D eigenvalue weighted by Crippen LogP contribution is -2.27. The molecule has 2 aromatic rings. The van der Waals surface area contributed by atoms with E-state index in [-0.39, 0.29) is 0 Å². The Hall–Kier alpha value is -2.49. The van der Waals surface area contributed by atoms with Crippen molar-refractivity contribution in [2.24, 2.45) is 0 Å². The van der Waals surface area contributed by atoms with Crippen LogP contribution < -0.4 is 5.32 Å². The largest absolute Gasteiger partial charge is 0.416 e. The van der Waals surface area contributed by atoms with Gasteiger partial charge in [0.15, 0.2) is 0 Å². The fourth-order valence-corrected chi connectivity index (χ4v) is 2.48. The predicted molar refractivity (Wildman–Crippen MR) is 76.1 cm³/mol. The highest BCUT2D eigenvalue weighted by atomic mass is 32.1. The van der Waals surface area contributed by atoms with Crippen LogP contribution in [0.2, 0.25) is 0 Å². The zero-order valence-corrected chi connectivity index (χ0v) is 12.4. The van der Waals surface area contributed by atoms with Crippen molar-refractivity contribution in [1.82, 2.24) is 10.3 Å². The molecule has 0 saturated carbocycles. The van der Waals surface area contributed by atoms with Crippen LogP contribution in [0.3, 0.4) is 0 Å². The summed E-state index contributed by atoms with van der Waals surface area (Å²) in [6.45, 7) is 1.62. The number of aromatic nitrogens is 1. The Balaban J connectivity index is 2.31. The molecule has 0 aliphatic rings. The van der Waals surface area contributed by atoms with E-state index in [4.69, 9.17) is 0 Å². The molecule has 0 radical (unpaired) electrons. The number of nitro benzene ring substituents is 1. The number of hydrogen-bond acceptors (Lipinski definition) is 5. The van der Waals surface area contributed by atoms with Crippen LogP contribution in [0.25, 0.3) is 0 Å². The van der Waals surface area contributed by atoms with E-state index in [1.54, 1.807) is 12.3 Å². The summed E-state index contributed by atoms with van der Waals surface area (Å²) in [6, 6.07) is 1.26. The number of halogens is 3. The van der Waals surface area contributed by atoms with E-state index in [1.807, 2.05) is 0 Å². The molecule has 1 atom stereocenters. The number of rotatable bonds is 4. The maximum Gasteiger partial charge on any atom is 0.416 e. The third-order valence-corrected chi connectivity index (χ3v) is 3.89. The number of nitro groups is 1. The summed E-state index contributed by atoms with van der Waals surface area (Å²) in [5.41, 5.74) is -2.52. The minimum absolute atomic E-state index is 0.350. The van der Waals surface area contributed by atoms with Gasteiger partial charge in [-0.05, 0) is 19.1 Å². The van der Waals surface area contributed by atoms with Crippen molar-refractivity contribution < 1.29 is 22.9 Å². The highest BCUT2D eigenvalue weighted by Gasteiger charge is 2.34. The Morgan fingerprint density at radius 2 is 2.13 bits per heavy atom. The number of carbonyl (C=O) groups is 1. The second-order valence-corrected chi connectivity index (χ2v) is 5.48. The monoisotopic (exact) mass is 345 g/mol. The average molecular weight is 345 g/mol. The molecule has 0 fully saturated rings. The van der Waals surface area contributed by atoms with Gasteiger partial charge in [0.05, 0.1) is 16.5 Å². The summed E-state index contributed by atoms with van der Waals surface area (Å²) in [5.74, 6) is -0.840. The van der Waals surface area contributed by atoms with Gasteiger partial charge in [-0.2, -0.15) is 13.2 Å². The topological polar surface area (TPSA) is 85.1 Å². The molecular weight excluding hydrogens is 335 g/mol. The second-order valence-electron chi connectivity index (χ2n) is 4.55. The molecule has 0 unspecified atom stereocenters. The van der Waals surface area contributed by atoms with Gasteiger partial charge in [0, 0.05) is 17.6 Å². The molecule has 122 valence electrons. The average Bonchev–Trinajstić information content (AvgIpc) is 2.99. The maximum absolute atomic E-state index is 12.6. The first-order valence-electron chi connectivity index (χ1n) is 6.26. The number of thiazole rings is 1. The molecule has 1 N–H and O–H groups in total. The number of carbonyl (C=O) groups excluding carboxylic acids is 1. The molecule has 1 aromatic carbocycles. The number of hydrogen-bond donors (Lipinski definition) is 1. The molecule has 23 heavy (non-hydrogen) atoms. The van der Waals surface area contributed by atoms with E-state index in [2.05, 4.69) is 10.3 Å². The van der Waals surface area contributed by atoms with Crippen molar-refractivity contribution in [3.8, 4) is 0 Å². The summed E-state index contributed by atoms with van der Waals surface area (Å²) in [7, 11) is 0. The summed E-state index contributed by atoms with van der Waals surface area (Å²) >= 11 is 1.28. The van der Waals surface area contributed by atoms with Crippen molar-refractivity contribution >= 4 is 22.9 Å². The van der Waals surface area contributed by atoms with Gasteiger partial charge in [-0.15, -0.1) is 11.3 Å². The molecule has 2 rings (SSSR count). The Kier molecular flexibility index (Phi) is 4.64. The van der Waals surface area contributed by atoms with Crippen molar-refractivity contribution in [3.63, 3.8) is 0 Å². The molecule has 0 saturated heterocycles. The minimum atomic E-state index is -4.73. The smallest absolute Gasteiger partial charge is 0.343 e. The molecule has 10 heteroatoms. The molecule has 1 aromatic heterocycles. The summed E-state index contributed by atoms with van der Waals surface area (Å²) < 4.78 is 37.9. The SMILES string of the molecule is C[C@H](NC(=O)c1ccc(C(F)(F)F)cc1[N+](=O)[O-])c1nccs1. The van der Waals surface area contributed by atoms with Crippen LogP contribution in [0.4, 0.5) is 18.9 Å². The molecule has 0 aliphatic heterocycles. The van der Waals surface area contributed by atoms with Crippen LogP contribution in [0, 0.1) is 10.1 Å². The van der Waals surface area contributed by atoms with Gasteiger partial charge in [-0.25, -0.2) is 4.98 Å². The van der Waals surface area contributed by atoms with Crippen LogP contribution in [0.1, 0.15) is 33.9 Å². The highest BCUT2D eigenvalue weighted by molar-refractivity contribution is 7.09. The van der Waals surface area contributed by atoms with Crippen molar-refractivity contribution in [1.29, 1.82) is 0 Å². The molecular formula is C13H10F3N3O3S. The predicted octanol–water partition coefficient (Wildman–Crippen LogP) is 3.56. The first-order chi connectivity index (χ1) is 10.7. The lowest BCUT2D eigenvalue weighted by Gasteiger charge is -2.12. The van der Waals surface area contributed by atoms with Gasteiger partial charge in [0.2, 0.25) is 0 Å². The Labute approximate surface area is 132 Å². The molecule has 0 aliphatic carbocycles. The lowest BCUT2D eigenvalue weighted by atomic mass is 10.1. The Morgan fingerprint density at radius 1 is 1.43 bits per heavy atom. The van der Waals surface area contributed by atoms with E-state index in [9.17, 15) is 28.1 Å². The number of nitrogens with one attached hydrogen (secondary N) is 1. The fourth-order valence-electron chi connectivity index (χ4n) is 1.84. The number of benzene rings is 1. The van der Waals surface area contributed by atoms with Crippen LogP contribution in [0.15, 0.2) is 29.8 Å². The van der Waals surface area contributed by atoms with Crippen LogP contribution in [-0.4, -0.2) is 15.8 Å². The standard InChI is InChI=1S/C13H10F3N3O3S/c1-7(12-17-4-5-23-12)18-11(20)9-3-2-8(13(14,15)16)6-10(9)19(21)22/h2-7H,1H3,(H,18,20)/t7-/m0/s1. The Morgan fingerprint density at radius 3 is 2.65 bits per heavy atom. The van der Waals surface area contributed by atoms with E-state index >= 15 is 0 Å².